The molecule has 0 unspecified atom stereocenters. The summed E-state index contributed by atoms with van der Waals surface area (Å²) >= 11 is 0. The summed E-state index contributed by atoms with van der Waals surface area (Å²) in [6.07, 6.45) is 0. The Morgan fingerprint density at radius 3 is 2.15 bits per heavy atom. The molecule has 1 saturated heterocycles. The molecule has 0 bridgehead atoms. The third-order valence-corrected chi connectivity index (χ3v) is 6.38. The van der Waals surface area contributed by atoms with E-state index in [2.05, 4.69) is 31.8 Å². The lowest BCUT2D eigenvalue weighted by molar-refractivity contribution is -0.117. The standard InChI is InChI=1S/C27H31FN4O2/c1-20-16-25(21(2)32(20)17-22-6-4-3-5-7-22)26(33)18-30-12-14-31(15-13-30)19-27(34)29-24-10-8-23(28)9-11-24/h3-11,16H,12-15,17-19H2,1-2H3,(H,29,34). The van der Waals surface area contributed by atoms with Gasteiger partial charge in [0.15, 0.2) is 5.78 Å². The highest BCUT2D eigenvalue weighted by atomic mass is 19.1. The number of nitrogens with zero attached hydrogens (tertiary/aromatic N) is 3. The van der Waals surface area contributed by atoms with E-state index < -0.39 is 0 Å². The van der Waals surface area contributed by atoms with Crippen LogP contribution in [-0.4, -0.2) is 65.3 Å². The lowest BCUT2D eigenvalue weighted by Crippen LogP contribution is -2.49. The monoisotopic (exact) mass is 462 g/mol. The first kappa shape index (κ1) is 23.9. The van der Waals surface area contributed by atoms with Crippen LogP contribution >= 0.6 is 0 Å². The van der Waals surface area contributed by atoms with Crippen molar-refractivity contribution in [3.8, 4) is 0 Å². The zero-order valence-corrected chi connectivity index (χ0v) is 19.8. The number of benzene rings is 2. The average molecular weight is 463 g/mol. The summed E-state index contributed by atoms with van der Waals surface area (Å²) in [5, 5.41) is 2.80. The molecule has 0 saturated carbocycles. The van der Waals surface area contributed by atoms with Gasteiger partial charge in [0.1, 0.15) is 5.82 Å². The zero-order valence-electron chi connectivity index (χ0n) is 19.8. The Kier molecular flexibility index (Phi) is 7.55. The van der Waals surface area contributed by atoms with Crippen molar-refractivity contribution >= 4 is 17.4 Å². The Bertz CT molecular complexity index is 1130. The van der Waals surface area contributed by atoms with Crippen LogP contribution in [0.4, 0.5) is 10.1 Å². The number of halogens is 1. The summed E-state index contributed by atoms with van der Waals surface area (Å²) in [6, 6.07) is 18.0. The SMILES string of the molecule is Cc1cc(C(=O)CN2CCN(CC(=O)Nc3ccc(F)cc3)CC2)c(C)n1Cc1ccccc1. The minimum absolute atomic E-state index is 0.123. The summed E-state index contributed by atoms with van der Waals surface area (Å²) < 4.78 is 15.2. The largest absolute Gasteiger partial charge is 0.344 e. The van der Waals surface area contributed by atoms with E-state index in [4.69, 9.17) is 0 Å². The third-order valence-electron chi connectivity index (χ3n) is 6.38. The van der Waals surface area contributed by atoms with Crippen LogP contribution in [0.1, 0.15) is 27.3 Å². The number of aromatic nitrogens is 1. The van der Waals surface area contributed by atoms with Crippen molar-refractivity contribution in [3.63, 3.8) is 0 Å². The van der Waals surface area contributed by atoms with Gasteiger partial charge < -0.3 is 9.88 Å². The molecule has 1 amide bonds. The van der Waals surface area contributed by atoms with E-state index in [-0.39, 0.29) is 24.1 Å². The molecule has 4 rings (SSSR count). The second-order valence-corrected chi connectivity index (χ2v) is 8.89. The van der Waals surface area contributed by atoms with Gasteiger partial charge in [-0.2, -0.15) is 0 Å². The predicted molar refractivity (Wildman–Crippen MR) is 132 cm³/mol. The highest BCUT2D eigenvalue weighted by molar-refractivity contribution is 5.99. The maximum atomic E-state index is 13.1. The number of nitrogens with one attached hydrogen (secondary N) is 1. The molecule has 34 heavy (non-hydrogen) atoms. The van der Waals surface area contributed by atoms with Crippen LogP contribution in [0.15, 0.2) is 60.7 Å². The minimum Gasteiger partial charge on any atom is -0.344 e. The first-order valence-corrected chi connectivity index (χ1v) is 11.6. The number of carbonyl (C=O) groups excluding carboxylic acids is 2. The van der Waals surface area contributed by atoms with Gasteiger partial charge in [-0.25, -0.2) is 4.39 Å². The number of hydrogen-bond acceptors (Lipinski definition) is 4. The zero-order chi connectivity index (χ0) is 24.1. The Labute approximate surface area is 200 Å². The number of ketones is 1. The van der Waals surface area contributed by atoms with E-state index in [0.29, 0.717) is 12.2 Å². The average Bonchev–Trinajstić information content (AvgIpc) is 3.11. The summed E-state index contributed by atoms with van der Waals surface area (Å²) in [5.74, 6) is -0.321. The van der Waals surface area contributed by atoms with Gasteiger partial charge >= 0.3 is 0 Å². The number of piperazine rings is 1. The molecule has 2 aromatic carbocycles. The van der Waals surface area contributed by atoms with Crippen LogP contribution in [-0.2, 0) is 11.3 Å². The van der Waals surface area contributed by atoms with Crippen molar-refractivity contribution in [2.24, 2.45) is 0 Å². The lowest BCUT2D eigenvalue weighted by atomic mass is 10.1. The Morgan fingerprint density at radius 2 is 1.50 bits per heavy atom. The first-order valence-electron chi connectivity index (χ1n) is 11.6. The van der Waals surface area contributed by atoms with E-state index >= 15 is 0 Å². The van der Waals surface area contributed by atoms with Gasteiger partial charge in [-0.1, -0.05) is 30.3 Å². The molecule has 1 fully saturated rings. The molecule has 178 valence electrons. The molecule has 0 radical (unpaired) electrons. The number of hydrogen-bond donors (Lipinski definition) is 1. The Hall–Kier alpha value is -3.29. The van der Waals surface area contributed by atoms with Crippen molar-refractivity contribution in [1.82, 2.24) is 14.4 Å². The van der Waals surface area contributed by atoms with Crippen LogP contribution in [0.2, 0.25) is 0 Å². The Balaban J connectivity index is 1.27. The van der Waals surface area contributed by atoms with E-state index in [1.807, 2.05) is 38.1 Å². The number of amides is 1. The van der Waals surface area contributed by atoms with Gasteiger partial charge in [0.05, 0.1) is 13.1 Å². The number of aryl methyl sites for hydroxylation is 1. The van der Waals surface area contributed by atoms with Crippen LogP contribution in [0.5, 0.6) is 0 Å². The van der Waals surface area contributed by atoms with Crippen molar-refractivity contribution < 1.29 is 14.0 Å². The highest BCUT2D eigenvalue weighted by Crippen LogP contribution is 2.18. The van der Waals surface area contributed by atoms with Crippen molar-refractivity contribution in [2.45, 2.75) is 20.4 Å². The summed E-state index contributed by atoms with van der Waals surface area (Å²) in [6.45, 7) is 8.38. The van der Waals surface area contributed by atoms with E-state index in [1.54, 1.807) is 12.1 Å². The maximum absolute atomic E-state index is 13.1. The van der Waals surface area contributed by atoms with Crippen LogP contribution in [0.25, 0.3) is 0 Å². The third kappa shape index (κ3) is 5.98. The number of carbonyl (C=O) groups is 2. The number of Topliss-reactive ketones (excluding diaryl/α,β-unsaturated/α-hetero) is 1. The molecular weight excluding hydrogens is 431 g/mol. The molecule has 0 atom stereocenters. The molecule has 3 aromatic rings. The fraction of sp³-hybridized carbons (Fsp3) is 0.333. The van der Waals surface area contributed by atoms with Crippen molar-refractivity contribution in [3.05, 3.63) is 89.0 Å². The van der Waals surface area contributed by atoms with Gasteiger partial charge in [-0.3, -0.25) is 19.4 Å². The lowest BCUT2D eigenvalue weighted by Gasteiger charge is -2.33. The number of rotatable bonds is 8. The molecule has 7 heteroatoms. The van der Waals surface area contributed by atoms with Gasteiger partial charge in [0.25, 0.3) is 0 Å². The molecule has 0 aliphatic carbocycles. The normalized spacial score (nSPS) is 14.8. The molecule has 6 nitrogen and oxygen atoms in total. The van der Waals surface area contributed by atoms with E-state index in [1.165, 1.54) is 17.7 Å². The van der Waals surface area contributed by atoms with Gasteiger partial charge in [0, 0.05) is 55.4 Å². The first-order chi connectivity index (χ1) is 16.4. The molecule has 2 heterocycles. The fourth-order valence-electron chi connectivity index (χ4n) is 4.42. The summed E-state index contributed by atoms with van der Waals surface area (Å²) in [4.78, 5) is 29.6. The molecule has 0 spiro atoms. The summed E-state index contributed by atoms with van der Waals surface area (Å²) in [5.41, 5.74) is 4.67. The van der Waals surface area contributed by atoms with Gasteiger partial charge in [-0.15, -0.1) is 0 Å². The Morgan fingerprint density at radius 1 is 0.882 bits per heavy atom. The van der Waals surface area contributed by atoms with Crippen LogP contribution < -0.4 is 5.32 Å². The predicted octanol–water partition coefficient (Wildman–Crippen LogP) is 3.73. The van der Waals surface area contributed by atoms with Gasteiger partial charge in [0.2, 0.25) is 5.91 Å². The maximum Gasteiger partial charge on any atom is 0.238 e. The van der Waals surface area contributed by atoms with E-state index in [9.17, 15) is 14.0 Å². The molecule has 1 aliphatic heterocycles. The smallest absolute Gasteiger partial charge is 0.238 e. The van der Waals surface area contributed by atoms with E-state index in [0.717, 1.165) is 49.7 Å². The second-order valence-electron chi connectivity index (χ2n) is 8.89. The fourth-order valence-corrected chi connectivity index (χ4v) is 4.42. The molecule has 1 aromatic heterocycles. The minimum atomic E-state index is -0.332. The second kappa shape index (κ2) is 10.8. The highest BCUT2D eigenvalue weighted by Gasteiger charge is 2.23. The van der Waals surface area contributed by atoms with Crippen molar-refractivity contribution in [2.75, 3.05) is 44.6 Å². The van der Waals surface area contributed by atoms with Gasteiger partial charge in [-0.05, 0) is 49.7 Å². The topological polar surface area (TPSA) is 57.6 Å². The van der Waals surface area contributed by atoms with Crippen molar-refractivity contribution in [1.29, 1.82) is 0 Å². The van der Waals surface area contributed by atoms with Crippen LogP contribution in [0.3, 0.4) is 0 Å². The molecule has 1 aliphatic rings. The number of anilines is 1. The molecular formula is C27H31FN4O2. The van der Waals surface area contributed by atoms with Crippen LogP contribution in [0, 0.1) is 19.7 Å². The molecule has 1 N–H and O–H groups in total. The summed E-state index contributed by atoms with van der Waals surface area (Å²) in [7, 11) is 0. The quantitative estimate of drug-likeness (QED) is 0.519.